The molecular weight excluding hydrogens is 676 g/mol. The third-order valence-electron chi connectivity index (χ3n) is 11.0. The lowest BCUT2D eigenvalue weighted by molar-refractivity contribution is -0.148. The second-order valence-electron chi connectivity index (χ2n) is 15.9. The van der Waals surface area contributed by atoms with Crippen LogP contribution in [0.2, 0.25) is 0 Å². The molecule has 1 fully saturated rings. The summed E-state index contributed by atoms with van der Waals surface area (Å²) in [4.78, 5) is 60.3. The summed E-state index contributed by atoms with van der Waals surface area (Å²) in [6, 6.07) is 5.18. The van der Waals surface area contributed by atoms with Gasteiger partial charge < -0.3 is 40.7 Å². The van der Waals surface area contributed by atoms with Crippen LogP contribution in [0, 0.1) is 30.6 Å². The maximum absolute atomic E-state index is 14.2. The quantitative estimate of drug-likeness (QED) is 0.157. The highest BCUT2D eigenvalue weighted by Gasteiger charge is 2.45. The maximum Gasteiger partial charge on any atom is 0.245 e. The first-order chi connectivity index (χ1) is 24.8. The van der Waals surface area contributed by atoms with Crippen LogP contribution in [0.25, 0.3) is 0 Å². The molecule has 1 aromatic carbocycles. The first-order valence-corrected chi connectivity index (χ1v) is 19.2. The molecule has 1 heterocycles. The molecule has 2 rings (SSSR count). The van der Waals surface area contributed by atoms with Crippen molar-refractivity contribution in [3.05, 3.63) is 35.4 Å². The number of rotatable bonds is 20. The number of hydrogen-bond acceptors (Lipinski definition) is 9. The number of β-amino-alcohol motifs (C(OH)–C–C–N with tert-alkyl or cyclic N) is 1. The molecule has 5 N–H and O–H groups in total. The third-order valence-corrected chi connectivity index (χ3v) is 11.0. The number of aliphatic hydroxyl groups is 1. The van der Waals surface area contributed by atoms with Crippen LogP contribution >= 0.6 is 0 Å². The standard InChI is InChI=1S/C40H70N6O7/c1-14-26(7)36(45(11)40(51)34(23(2)3)43-39(50)35(24(4)5)44(9)10)32(52-12)20-33(48)46-22-29(47)19-31(46)37(53-13)27(8)38(49)42-21-30(41)28-17-15-25(6)16-18-28/h15-18,23-24,26-27,29-32,34-37,47H,14,19-22,41H2,1-13H3,(H,42,49)(H,43,50)/t26?,27-,29+,30?,31+,32-,34+,35+,36+,37?/m1/s1. The molecule has 13 nitrogen and oxygen atoms in total. The van der Waals surface area contributed by atoms with Crippen LogP contribution in [-0.4, -0.2) is 134 Å². The lowest BCUT2D eigenvalue weighted by Gasteiger charge is -2.41. The number of nitrogens with zero attached hydrogens (tertiary/aromatic N) is 3. The minimum absolute atomic E-state index is 0.0350. The van der Waals surface area contributed by atoms with E-state index < -0.39 is 54.4 Å². The fourth-order valence-electron chi connectivity index (χ4n) is 7.71. The molecular formula is C40H70N6O7. The van der Waals surface area contributed by atoms with Crippen LogP contribution in [0.4, 0.5) is 0 Å². The molecule has 1 aliphatic rings. The van der Waals surface area contributed by atoms with Crippen molar-refractivity contribution in [2.24, 2.45) is 29.4 Å². The van der Waals surface area contributed by atoms with Crippen LogP contribution in [0.1, 0.15) is 84.9 Å². The first-order valence-electron chi connectivity index (χ1n) is 19.2. The molecule has 10 atom stereocenters. The first kappa shape index (κ1) is 46.1. The van der Waals surface area contributed by atoms with E-state index in [-0.39, 0.29) is 67.3 Å². The van der Waals surface area contributed by atoms with Gasteiger partial charge in [0.2, 0.25) is 23.6 Å². The lowest BCUT2D eigenvalue weighted by atomic mass is 9.89. The zero-order valence-corrected chi connectivity index (χ0v) is 34.6. The largest absolute Gasteiger partial charge is 0.391 e. The number of methoxy groups -OCH3 is 2. The van der Waals surface area contributed by atoms with E-state index in [1.54, 1.807) is 23.8 Å². The normalized spacial score (nSPS) is 20.8. The Morgan fingerprint density at radius 3 is 2.06 bits per heavy atom. The average Bonchev–Trinajstić information content (AvgIpc) is 3.49. The number of ether oxygens (including phenoxy) is 2. The molecule has 0 bridgehead atoms. The Bertz CT molecular complexity index is 1320. The van der Waals surface area contributed by atoms with E-state index in [4.69, 9.17) is 15.2 Å². The Morgan fingerprint density at radius 2 is 1.57 bits per heavy atom. The summed E-state index contributed by atoms with van der Waals surface area (Å²) >= 11 is 0. The summed E-state index contributed by atoms with van der Waals surface area (Å²) < 4.78 is 11.8. The number of carbonyl (C=O) groups is 4. The molecule has 1 aromatic rings. The topological polar surface area (TPSA) is 167 Å². The van der Waals surface area contributed by atoms with E-state index in [1.165, 1.54) is 14.2 Å². The van der Waals surface area contributed by atoms with Gasteiger partial charge in [-0.05, 0) is 50.8 Å². The van der Waals surface area contributed by atoms with Crippen LogP contribution in [0.15, 0.2) is 24.3 Å². The van der Waals surface area contributed by atoms with E-state index in [9.17, 15) is 24.3 Å². The Balaban J connectivity index is 2.27. The Hall–Kier alpha value is -3.10. The Labute approximate surface area is 318 Å². The van der Waals surface area contributed by atoms with Gasteiger partial charge in [-0.15, -0.1) is 0 Å². The van der Waals surface area contributed by atoms with Crippen molar-refractivity contribution < 1.29 is 33.8 Å². The van der Waals surface area contributed by atoms with Gasteiger partial charge in [-0.1, -0.05) is 84.7 Å². The number of benzene rings is 1. The second-order valence-corrected chi connectivity index (χ2v) is 15.9. The molecule has 53 heavy (non-hydrogen) atoms. The van der Waals surface area contributed by atoms with Crippen LogP contribution in [0.5, 0.6) is 0 Å². The molecule has 4 amide bonds. The summed E-state index contributed by atoms with van der Waals surface area (Å²) in [7, 11) is 8.43. The van der Waals surface area contributed by atoms with Crippen LogP contribution < -0.4 is 16.4 Å². The summed E-state index contributed by atoms with van der Waals surface area (Å²) in [5.74, 6) is -1.89. The monoisotopic (exact) mass is 747 g/mol. The molecule has 13 heteroatoms. The van der Waals surface area contributed by atoms with Gasteiger partial charge in [-0.2, -0.15) is 0 Å². The fraction of sp³-hybridized carbons (Fsp3) is 0.750. The second kappa shape index (κ2) is 21.1. The smallest absolute Gasteiger partial charge is 0.245 e. The number of carbonyl (C=O) groups excluding carboxylic acids is 4. The zero-order valence-electron chi connectivity index (χ0n) is 34.6. The van der Waals surface area contributed by atoms with Gasteiger partial charge in [0, 0.05) is 40.4 Å². The van der Waals surface area contributed by atoms with Crippen molar-refractivity contribution in [3.8, 4) is 0 Å². The minimum atomic E-state index is -0.797. The molecule has 0 spiro atoms. The highest BCUT2D eigenvalue weighted by molar-refractivity contribution is 5.90. The number of likely N-dealkylation sites (N-methyl/N-ethyl adjacent to an activating group) is 2. The summed E-state index contributed by atoms with van der Waals surface area (Å²) in [5, 5.41) is 16.8. The highest BCUT2D eigenvalue weighted by Crippen LogP contribution is 2.30. The predicted octanol–water partition coefficient (Wildman–Crippen LogP) is 2.73. The number of nitrogens with two attached hydrogens (primary N) is 1. The van der Waals surface area contributed by atoms with Gasteiger partial charge in [0.15, 0.2) is 0 Å². The number of likely N-dealkylation sites (tertiary alicyclic amines) is 1. The van der Waals surface area contributed by atoms with Crippen LogP contribution in [-0.2, 0) is 28.7 Å². The molecule has 1 aliphatic heterocycles. The van der Waals surface area contributed by atoms with Gasteiger partial charge in [0.25, 0.3) is 0 Å². The lowest BCUT2D eigenvalue weighted by Crippen LogP contribution is -2.59. The number of nitrogens with one attached hydrogen (secondary N) is 2. The molecule has 0 saturated carbocycles. The molecule has 0 aliphatic carbocycles. The van der Waals surface area contributed by atoms with E-state index in [0.29, 0.717) is 6.42 Å². The maximum atomic E-state index is 14.2. The molecule has 1 saturated heterocycles. The third kappa shape index (κ3) is 12.2. The van der Waals surface area contributed by atoms with Crippen molar-refractivity contribution in [1.82, 2.24) is 25.3 Å². The minimum Gasteiger partial charge on any atom is -0.391 e. The number of aryl methyl sites for hydroxylation is 1. The van der Waals surface area contributed by atoms with Crippen LogP contribution in [0.3, 0.4) is 0 Å². The number of aliphatic hydroxyl groups excluding tert-OH is 1. The molecule has 3 unspecified atom stereocenters. The average molecular weight is 747 g/mol. The highest BCUT2D eigenvalue weighted by atomic mass is 16.5. The van der Waals surface area contributed by atoms with Gasteiger partial charge in [0.1, 0.15) is 6.04 Å². The molecule has 302 valence electrons. The van der Waals surface area contributed by atoms with Gasteiger partial charge in [-0.25, -0.2) is 0 Å². The SMILES string of the molecule is CCC(C)[C@@H]([C@@H](CC(=O)N1C[C@@H](O)C[C@H]1C(OC)[C@@H](C)C(=O)NCC(N)c1ccc(C)cc1)OC)N(C)C(=O)[C@@H](NC(=O)[C@H](C(C)C)N(C)C)C(C)C. The van der Waals surface area contributed by atoms with Gasteiger partial charge >= 0.3 is 0 Å². The summed E-state index contributed by atoms with van der Waals surface area (Å²) in [6.07, 6.45) is -1.30. The Morgan fingerprint density at radius 1 is 0.962 bits per heavy atom. The van der Waals surface area contributed by atoms with E-state index in [1.807, 2.05) is 91.7 Å². The van der Waals surface area contributed by atoms with Gasteiger partial charge in [-0.3, -0.25) is 24.1 Å². The van der Waals surface area contributed by atoms with E-state index in [0.717, 1.165) is 11.1 Å². The molecule has 0 radical (unpaired) electrons. The zero-order chi connectivity index (χ0) is 40.3. The van der Waals surface area contributed by atoms with Crippen molar-refractivity contribution in [3.63, 3.8) is 0 Å². The van der Waals surface area contributed by atoms with E-state index in [2.05, 4.69) is 10.6 Å². The molecule has 0 aromatic heterocycles. The fourth-order valence-corrected chi connectivity index (χ4v) is 7.71. The predicted molar refractivity (Wildman–Crippen MR) is 208 cm³/mol. The summed E-state index contributed by atoms with van der Waals surface area (Å²) in [5.41, 5.74) is 8.38. The van der Waals surface area contributed by atoms with Crippen molar-refractivity contribution >= 4 is 23.6 Å². The number of hydrogen-bond donors (Lipinski definition) is 4. The van der Waals surface area contributed by atoms with Gasteiger partial charge in [0.05, 0.1) is 48.8 Å². The van der Waals surface area contributed by atoms with Crippen molar-refractivity contribution in [2.75, 3.05) is 48.5 Å². The van der Waals surface area contributed by atoms with E-state index >= 15 is 0 Å². The summed E-state index contributed by atoms with van der Waals surface area (Å²) in [6.45, 7) is 15.8. The van der Waals surface area contributed by atoms with Crippen molar-refractivity contribution in [1.29, 1.82) is 0 Å². The number of amides is 4. The van der Waals surface area contributed by atoms with Crippen molar-refractivity contribution in [2.45, 2.75) is 123 Å². The Kier molecular flexibility index (Phi) is 18.3.